The van der Waals surface area contributed by atoms with Crippen molar-refractivity contribution >= 4 is 11.9 Å². The third-order valence-corrected chi connectivity index (χ3v) is 3.80. The molecular formula is C20H23NO4. The fourth-order valence-corrected chi connectivity index (χ4v) is 2.28. The van der Waals surface area contributed by atoms with E-state index >= 15 is 0 Å². The molecule has 0 fully saturated rings. The Labute approximate surface area is 148 Å². The Balaban J connectivity index is 1.75. The number of rotatable bonds is 7. The number of nitrogens with one attached hydrogen (secondary N) is 1. The molecule has 132 valence electrons. The first-order chi connectivity index (χ1) is 12.0. The van der Waals surface area contributed by atoms with Crippen LogP contribution >= 0.6 is 0 Å². The lowest BCUT2D eigenvalue weighted by atomic mass is 10.1. The maximum Gasteiger partial charge on any atom is 0.337 e. The van der Waals surface area contributed by atoms with E-state index in [1.54, 1.807) is 24.3 Å². The number of carbonyl (C=O) groups excluding carboxylic acids is 2. The van der Waals surface area contributed by atoms with Gasteiger partial charge in [-0.15, -0.1) is 0 Å². The van der Waals surface area contributed by atoms with Crippen molar-refractivity contribution in [3.63, 3.8) is 0 Å². The molecule has 0 radical (unpaired) electrons. The monoisotopic (exact) mass is 341 g/mol. The predicted molar refractivity (Wildman–Crippen MR) is 95.7 cm³/mol. The molecule has 0 atom stereocenters. The third kappa shape index (κ3) is 5.64. The van der Waals surface area contributed by atoms with Gasteiger partial charge in [0.25, 0.3) is 0 Å². The number of carbonyl (C=O) groups is 2. The number of methoxy groups -OCH3 is 1. The van der Waals surface area contributed by atoms with Crippen LogP contribution < -0.4 is 10.1 Å². The minimum Gasteiger partial charge on any atom is -0.493 e. The van der Waals surface area contributed by atoms with Crippen LogP contribution in [-0.2, 0) is 16.1 Å². The average Bonchev–Trinajstić information content (AvgIpc) is 2.62. The van der Waals surface area contributed by atoms with Crippen LogP contribution in [0.1, 0.15) is 33.5 Å². The zero-order valence-electron chi connectivity index (χ0n) is 14.8. The molecule has 25 heavy (non-hydrogen) atoms. The van der Waals surface area contributed by atoms with Gasteiger partial charge in [0.05, 0.1) is 25.7 Å². The minimum atomic E-state index is -0.376. The van der Waals surface area contributed by atoms with Gasteiger partial charge in [0, 0.05) is 6.54 Å². The molecule has 0 aliphatic heterocycles. The van der Waals surface area contributed by atoms with Crippen molar-refractivity contribution in [1.29, 1.82) is 0 Å². The summed E-state index contributed by atoms with van der Waals surface area (Å²) in [6.45, 7) is 4.72. The lowest BCUT2D eigenvalue weighted by Gasteiger charge is -2.10. The second-order valence-corrected chi connectivity index (χ2v) is 5.83. The first-order valence-corrected chi connectivity index (χ1v) is 8.13. The Bertz CT molecular complexity index is 738. The minimum absolute atomic E-state index is 0.0812. The molecule has 0 spiro atoms. The number of hydrogen-bond acceptors (Lipinski definition) is 4. The normalized spacial score (nSPS) is 10.2. The van der Waals surface area contributed by atoms with Crippen LogP contribution in [0, 0.1) is 13.8 Å². The molecule has 2 aromatic rings. The average molecular weight is 341 g/mol. The van der Waals surface area contributed by atoms with E-state index in [-0.39, 0.29) is 18.3 Å². The number of hydrogen-bond donors (Lipinski definition) is 1. The van der Waals surface area contributed by atoms with Gasteiger partial charge in [-0.3, -0.25) is 4.79 Å². The smallest absolute Gasteiger partial charge is 0.337 e. The van der Waals surface area contributed by atoms with E-state index in [1.165, 1.54) is 7.11 Å². The van der Waals surface area contributed by atoms with Crippen molar-refractivity contribution in [2.45, 2.75) is 26.8 Å². The Morgan fingerprint density at radius 1 is 1.04 bits per heavy atom. The van der Waals surface area contributed by atoms with Crippen molar-refractivity contribution in [3.8, 4) is 5.75 Å². The van der Waals surface area contributed by atoms with E-state index in [0.717, 1.165) is 22.4 Å². The summed E-state index contributed by atoms with van der Waals surface area (Å²) in [6, 6.07) is 12.9. The van der Waals surface area contributed by atoms with Gasteiger partial charge in [-0.05, 0) is 48.7 Å². The molecule has 5 nitrogen and oxygen atoms in total. The SMILES string of the molecule is COC(=O)c1ccc(CNC(=O)CCOc2cc(C)ccc2C)cc1. The zero-order chi connectivity index (χ0) is 18.2. The Morgan fingerprint density at radius 2 is 1.76 bits per heavy atom. The molecule has 0 bridgehead atoms. The summed E-state index contributed by atoms with van der Waals surface area (Å²) in [6.07, 6.45) is 0.285. The molecule has 0 aromatic heterocycles. The van der Waals surface area contributed by atoms with Crippen molar-refractivity contribution in [2.24, 2.45) is 0 Å². The zero-order valence-corrected chi connectivity index (χ0v) is 14.8. The van der Waals surface area contributed by atoms with Crippen LogP contribution in [0.4, 0.5) is 0 Å². The highest BCUT2D eigenvalue weighted by Crippen LogP contribution is 2.19. The van der Waals surface area contributed by atoms with Gasteiger partial charge in [-0.25, -0.2) is 4.79 Å². The van der Waals surface area contributed by atoms with E-state index in [1.807, 2.05) is 32.0 Å². The van der Waals surface area contributed by atoms with Gasteiger partial charge < -0.3 is 14.8 Å². The Hall–Kier alpha value is -2.82. The number of esters is 1. The molecule has 2 rings (SSSR count). The molecule has 5 heteroatoms. The molecule has 0 heterocycles. The Morgan fingerprint density at radius 3 is 2.44 bits per heavy atom. The fourth-order valence-electron chi connectivity index (χ4n) is 2.28. The second-order valence-electron chi connectivity index (χ2n) is 5.83. The van der Waals surface area contributed by atoms with E-state index in [0.29, 0.717) is 18.7 Å². The van der Waals surface area contributed by atoms with Gasteiger partial charge in [0.1, 0.15) is 5.75 Å². The maximum atomic E-state index is 11.9. The third-order valence-electron chi connectivity index (χ3n) is 3.80. The van der Waals surface area contributed by atoms with Crippen LogP contribution in [-0.4, -0.2) is 25.6 Å². The summed E-state index contributed by atoms with van der Waals surface area (Å²) in [5.41, 5.74) is 3.58. The molecular weight excluding hydrogens is 318 g/mol. The highest BCUT2D eigenvalue weighted by Gasteiger charge is 2.06. The van der Waals surface area contributed by atoms with Crippen molar-refractivity contribution in [1.82, 2.24) is 5.32 Å². The van der Waals surface area contributed by atoms with E-state index < -0.39 is 0 Å². The van der Waals surface area contributed by atoms with Crippen LogP contribution in [0.15, 0.2) is 42.5 Å². The van der Waals surface area contributed by atoms with Crippen molar-refractivity contribution in [3.05, 3.63) is 64.7 Å². The molecule has 0 saturated heterocycles. The molecule has 0 aliphatic carbocycles. The highest BCUT2D eigenvalue weighted by molar-refractivity contribution is 5.89. The second kappa shape index (κ2) is 8.87. The summed E-state index contributed by atoms with van der Waals surface area (Å²) < 4.78 is 10.3. The van der Waals surface area contributed by atoms with Gasteiger partial charge in [0.2, 0.25) is 5.91 Å². The summed E-state index contributed by atoms with van der Waals surface area (Å²) >= 11 is 0. The Kier molecular flexibility index (Phi) is 6.57. The lowest BCUT2D eigenvalue weighted by Crippen LogP contribution is -2.24. The maximum absolute atomic E-state index is 11.9. The predicted octanol–water partition coefficient (Wildman–Crippen LogP) is 3.18. The fraction of sp³-hybridized carbons (Fsp3) is 0.300. The lowest BCUT2D eigenvalue weighted by molar-refractivity contribution is -0.121. The topological polar surface area (TPSA) is 64.6 Å². The van der Waals surface area contributed by atoms with Gasteiger partial charge in [-0.2, -0.15) is 0 Å². The number of amides is 1. The van der Waals surface area contributed by atoms with Gasteiger partial charge in [-0.1, -0.05) is 24.3 Å². The molecule has 0 saturated carbocycles. The van der Waals surface area contributed by atoms with Crippen LogP contribution in [0.25, 0.3) is 0 Å². The summed E-state index contributed by atoms with van der Waals surface area (Å²) in [5.74, 6) is 0.354. The largest absolute Gasteiger partial charge is 0.493 e. The molecule has 0 unspecified atom stereocenters. The quantitative estimate of drug-likeness (QED) is 0.786. The highest BCUT2D eigenvalue weighted by atomic mass is 16.5. The van der Waals surface area contributed by atoms with Crippen molar-refractivity contribution in [2.75, 3.05) is 13.7 Å². The first kappa shape index (κ1) is 18.5. The standard InChI is InChI=1S/C20H23NO4/c1-14-4-5-15(2)18(12-14)25-11-10-19(22)21-13-16-6-8-17(9-7-16)20(23)24-3/h4-9,12H,10-11,13H2,1-3H3,(H,21,22). The van der Waals surface area contributed by atoms with E-state index in [4.69, 9.17) is 4.74 Å². The van der Waals surface area contributed by atoms with Crippen LogP contribution in [0.3, 0.4) is 0 Å². The van der Waals surface area contributed by atoms with Gasteiger partial charge >= 0.3 is 5.97 Å². The van der Waals surface area contributed by atoms with Crippen molar-refractivity contribution < 1.29 is 19.1 Å². The summed E-state index contributed by atoms with van der Waals surface area (Å²) in [4.78, 5) is 23.3. The number of ether oxygens (including phenoxy) is 2. The molecule has 1 N–H and O–H groups in total. The molecule has 1 amide bonds. The first-order valence-electron chi connectivity index (χ1n) is 8.13. The molecule has 0 aliphatic rings. The molecule has 2 aromatic carbocycles. The van der Waals surface area contributed by atoms with E-state index in [9.17, 15) is 9.59 Å². The van der Waals surface area contributed by atoms with Crippen LogP contribution in [0.2, 0.25) is 0 Å². The summed E-state index contributed by atoms with van der Waals surface area (Å²) in [7, 11) is 1.34. The summed E-state index contributed by atoms with van der Waals surface area (Å²) in [5, 5.41) is 2.84. The van der Waals surface area contributed by atoms with E-state index in [2.05, 4.69) is 10.1 Å². The number of aryl methyl sites for hydroxylation is 2. The van der Waals surface area contributed by atoms with Gasteiger partial charge in [0.15, 0.2) is 0 Å². The van der Waals surface area contributed by atoms with Crippen LogP contribution in [0.5, 0.6) is 5.75 Å². The number of benzene rings is 2.